The van der Waals surface area contributed by atoms with Crippen molar-refractivity contribution in [2.75, 3.05) is 0 Å². The summed E-state index contributed by atoms with van der Waals surface area (Å²) in [7, 11) is 0. The first-order valence-corrected chi connectivity index (χ1v) is 4.92. The minimum Gasteiger partial charge on any atom is -0.351 e. The second-order valence-corrected chi connectivity index (χ2v) is 3.58. The highest BCUT2D eigenvalue weighted by Gasteiger charge is 2.12. The number of pyridine rings is 1. The Hall–Kier alpha value is -2.36. The smallest absolute Gasteiger partial charge is 0.323 e. The molecule has 2 aromatic heterocycles. The molecule has 2 heterocycles. The molecule has 0 aliphatic rings. The van der Waals surface area contributed by atoms with E-state index in [0.29, 0.717) is 0 Å². The lowest BCUT2D eigenvalue weighted by atomic mass is 10.2. The largest absolute Gasteiger partial charge is 0.351 e. The molecule has 0 unspecified atom stereocenters. The molecule has 78 valence electrons. The Morgan fingerprint density at radius 3 is 2.69 bits per heavy atom. The first-order chi connectivity index (χ1) is 7.79. The second-order valence-electron chi connectivity index (χ2n) is 3.58. The molecular formula is C12H9N3O. The van der Waals surface area contributed by atoms with E-state index in [1.807, 2.05) is 30.3 Å². The molecule has 0 bridgehead atoms. The van der Waals surface area contributed by atoms with Crippen LogP contribution < -0.4 is 5.73 Å². The predicted octanol–water partition coefficient (Wildman–Crippen LogP) is 2.12. The van der Waals surface area contributed by atoms with E-state index < -0.39 is 6.03 Å². The van der Waals surface area contributed by atoms with E-state index in [9.17, 15) is 4.79 Å². The molecule has 0 fully saturated rings. The summed E-state index contributed by atoms with van der Waals surface area (Å²) in [4.78, 5) is 15.5. The van der Waals surface area contributed by atoms with Crippen LogP contribution in [-0.2, 0) is 0 Å². The van der Waals surface area contributed by atoms with Gasteiger partial charge in [-0.25, -0.2) is 4.79 Å². The number of rotatable bonds is 0. The molecule has 3 rings (SSSR count). The van der Waals surface area contributed by atoms with Gasteiger partial charge in [-0.1, -0.05) is 18.2 Å². The molecule has 1 amide bonds. The van der Waals surface area contributed by atoms with Crippen LogP contribution in [0.4, 0.5) is 4.79 Å². The second kappa shape index (κ2) is 3.06. The average molecular weight is 211 g/mol. The van der Waals surface area contributed by atoms with Gasteiger partial charge in [0.15, 0.2) is 0 Å². The van der Waals surface area contributed by atoms with Gasteiger partial charge in [0, 0.05) is 17.0 Å². The minimum atomic E-state index is -0.487. The standard InChI is InChI=1S/C12H9N3O/c13-12(16)15-10-4-2-1-3-8(10)9-5-6-14-7-11(9)15/h1-7H,(H2,13,16). The third kappa shape index (κ3) is 1.04. The summed E-state index contributed by atoms with van der Waals surface area (Å²) in [5.41, 5.74) is 6.95. The maximum absolute atomic E-state index is 11.4. The van der Waals surface area contributed by atoms with Gasteiger partial charge in [0.05, 0.1) is 17.2 Å². The monoisotopic (exact) mass is 211 g/mol. The van der Waals surface area contributed by atoms with Crippen molar-refractivity contribution in [1.82, 2.24) is 9.55 Å². The van der Waals surface area contributed by atoms with Crippen LogP contribution in [0.3, 0.4) is 0 Å². The molecule has 0 spiro atoms. The Morgan fingerprint density at radius 1 is 1.12 bits per heavy atom. The van der Waals surface area contributed by atoms with Crippen molar-refractivity contribution in [3.63, 3.8) is 0 Å². The van der Waals surface area contributed by atoms with Gasteiger partial charge in [-0.15, -0.1) is 0 Å². The lowest BCUT2D eigenvalue weighted by molar-refractivity contribution is 0.252. The number of fused-ring (bicyclic) bond motifs is 3. The van der Waals surface area contributed by atoms with Crippen molar-refractivity contribution >= 4 is 27.8 Å². The maximum Gasteiger partial charge on any atom is 0.323 e. The first-order valence-electron chi connectivity index (χ1n) is 4.92. The van der Waals surface area contributed by atoms with Gasteiger partial charge in [0.25, 0.3) is 0 Å². The molecule has 2 N–H and O–H groups in total. The number of carbonyl (C=O) groups excluding carboxylic acids is 1. The Balaban J connectivity index is 2.64. The highest BCUT2D eigenvalue weighted by Crippen LogP contribution is 2.27. The van der Waals surface area contributed by atoms with Crippen LogP contribution in [0.5, 0.6) is 0 Å². The fraction of sp³-hybridized carbons (Fsp3) is 0. The van der Waals surface area contributed by atoms with Gasteiger partial charge in [-0.2, -0.15) is 0 Å². The molecule has 3 aromatic rings. The number of para-hydroxylation sites is 1. The minimum absolute atomic E-state index is 0.487. The molecule has 1 aromatic carbocycles. The van der Waals surface area contributed by atoms with Crippen LogP contribution in [0.25, 0.3) is 21.8 Å². The van der Waals surface area contributed by atoms with Crippen LogP contribution >= 0.6 is 0 Å². The van der Waals surface area contributed by atoms with Gasteiger partial charge < -0.3 is 5.73 Å². The summed E-state index contributed by atoms with van der Waals surface area (Å²) >= 11 is 0. The summed E-state index contributed by atoms with van der Waals surface area (Å²) in [6.07, 6.45) is 3.36. The molecule has 0 radical (unpaired) electrons. The van der Waals surface area contributed by atoms with Crippen LogP contribution in [-0.4, -0.2) is 15.6 Å². The number of primary amides is 1. The summed E-state index contributed by atoms with van der Waals surface area (Å²) in [5, 5.41) is 2.00. The molecule has 0 atom stereocenters. The third-order valence-corrected chi connectivity index (χ3v) is 2.70. The number of nitrogens with two attached hydrogens (primary N) is 1. The molecule has 0 aliphatic carbocycles. The SMILES string of the molecule is NC(=O)n1c2ccccc2c2ccncc21. The molecular weight excluding hydrogens is 202 g/mol. The Labute approximate surface area is 91.3 Å². The van der Waals surface area contributed by atoms with Gasteiger partial charge in [0.1, 0.15) is 0 Å². The molecule has 0 aliphatic heterocycles. The zero-order valence-corrected chi connectivity index (χ0v) is 8.42. The Morgan fingerprint density at radius 2 is 1.88 bits per heavy atom. The van der Waals surface area contributed by atoms with Crippen molar-refractivity contribution in [3.8, 4) is 0 Å². The number of hydrogen-bond acceptors (Lipinski definition) is 2. The van der Waals surface area contributed by atoms with Crippen molar-refractivity contribution in [1.29, 1.82) is 0 Å². The van der Waals surface area contributed by atoms with E-state index in [4.69, 9.17) is 5.73 Å². The van der Waals surface area contributed by atoms with E-state index in [2.05, 4.69) is 4.98 Å². The zero-order valence-electron chi connectivity index (χ0n) is 8.42. The van der Waals surface area contributed by atoms with E-state index in [-0.39, 0.29) is 0 Å². The van der Waals surface area contributed by atoms with Crippen LogP contribution in [0.2, 0.25) is 0 Å². The number of amides is 1. The number of aromatic nitrogens is 2. The van der Waals surface area contributed by atoms with Crippen LogP contribution in [0.1, 0.15) is 0 Å². The lowest BCUT2D eigenvalue weighted by Gasteiger charge is -1.99. The average Bonchev–Trinajstić information content (AvgIpc) is 2.63. The zero-order chi connectivity index (χ0) is 11.1. The van der Waals surface area contributed by atoms with Gasteiger partial charge >= 0.3 is 6.03 Å². The number of hydrogen-bond donors (Lipinski definition) is 1. The van der Waals surface area contributed by atoms with Gasteiger partial charge in [0.2, 0.25) is 0 Å². The van der Waals surface area contributed by atoms with Gasteiger partial charge in [-0.05, 0) is 12.1 Å². The van der Waals surface area contributed by atoms with Gasteiger partial charge in [-0.3, -0.25) is 9.55 Å². The van der Waals surface area contributed by atoms with E-state index in [1.54, 1.807) is 12.4 Å². The van der Waals surface area contributed by atoms with E-state index in [1.165, 1.54) is 4.57 Å². The number of nitrogens with zero attached hydrogens (tertiary/aromatic N) is 2. The van der Waals surface area contributed by atoms with Crippen molar-refractivity contribution in [2.45, 2.75) is 0 Å². The maximum atomic E-state index is 11.4. The Kier molecular flexibility index (Phi) is 1.71. The number of carbonyl (C=O) groups is 1. The molecule has 4 heteroatoms. The topological polar surface area (TPSA) is 60.9 Å². The summed E-state index contributed by atoms with van der Waals surface area (Å²) in [6, 6.07) is 9.06. The summed E-state index contributed by atoms with van der Waals surface area (Å²) in [5.74, 6) is 0. The van der Waals surface area contributed by atoms with Crippen molar-refractivity contribution in [2.24, 2.45) is 5.73 Å². The van der Waals surface area contributed by atoms with Crippen molar-refractivity contribution < 1.29 is 4.79 Å². The quantitative estimate of drug-likeness (QED) is 0.619. The Bertz CT molecular complexity index is 646. The summed E-state index contributed by atoms with van der Waals surface area (Å²) in [6.45, 7) is 0. The van der Waals surface area contributed by atoms with Crippen molar-refractivity contribution in [3.05, 3.63) is 42.7 Å². The molecule has 0 saturated heterocycles. The third-order valence-electron chi connectivity index (χ3n) is 2.70. The predicted molar refractivity (Wildman–Crippen MR) is 62.2 cm³/mol. The first kappa shape index (κ1) is 8.91. The summed E-state index contributed by atoms with van der Waals surface area (Å²) < 4.78 is 1.48. The van der Waals surface area contributed by atoms with E-state index in [0.717, 1.165) is 21.8 Å². The fourth-order valence-electron chi connectivity index (χ4n) is 2.06. The highest BCUT2D eigenvalue weighted by molar-refractivity contribution is 6.12. The molecule has 0 saturated carbocycles. The highest BCUT2D eigenvalue weighted by atomic mass is 16.2. The fourth-order valence-corrected chi connectivity index (χ4v) is 2.06. The number of benzene rings is 1. The molecule has 16 heavy (non-hydrogen) atoms. The van der Waals surface area contributed by atoms with Crippen LogP contribution in [0.15, 0.2) is 42.7 Å². The lowest BCUT2D eigenvalue weighted by Crippen LogP contribution is -2.18. The normalized spacial score (nSPS) is 11.0. The van der Waals surface area contributed by atoms with E-state index >= 15 is 0 Å². The van der Waals surface area contributed by atoms with Crippen LogP contribution in [0, 0.1) is 0 Å². The molecule has 4 nitrogen and oxygen atoms in total.